The van der Waals surface area contributed by atoms with Gasteiger partial charge < -0.3 is 0 Å². The van der Waals surface area contributed by atoms with Crippen LogP contribution in [0, 0.1) is 0 Å². The molecule has 1 heteroatoms. The maximum atomic E-state index is 2.40. The van der Waals surface area contributed by atoms with Crippen LogP contribution in [0.1, 0.15) is 46.9 Å². The molecule has 4 rings (SSSR count). The monoisotopic (exact) mass is 313 g/mol. The molecule has 0 heterocycles. The normalized spacial score (nSPS) is 20.5. The van der Waals surface area contributed by atoms with Crippen molar-refractivity contribution >= 4 is 27.4 Å². The summed E-state index contributed by atoms with van der Waals surface area (Å²) in [5.74, 6) is 1.34. The highest BCUT2D eigenvalue weighted by molar-refractivity contribution is 6.35. The third-order valence-corrected chi connectivity index (χ3v) is 6.65. The van der Waals surface area contributed by atoms with Crippen molar-refractivity contribution in [3.05, 3.63) is 82.9 Å². The van der Waals surface area contributed by atoms with Crippen molar-refractivity contribution in [1.82, 2.24) is 0 Å². The summed E-state index contributed by atoms with van der Waals surface area (Å²) >= 11 is 0.584. The van der Waals surface area contributed by atoms with Crippen LogP contribution >= 0.6 is 0 Å². The van der Waals surface area contributed by atoms with E-state index in [1.807, 2.05) is 0 Å². The molecular formula is C22H22Al. The first-order valence-electron chi connectivity index (χ1n) is 8.78. The molecule has 2 aromatic rings. The predicted octanol–water partition coefficient (Wildman–Crippen LogP) is 5.93. The van der Waals surface area contributed by atoms with Gasteiger partial charge in [-0.3, -0.25) is 0 Å². The lowest BCUT2D eigenvalue weighted by molar-refractivity contribution is 0.791. The van der Waals surface area contributed by atoms with Crippen LogP contribution < -0.4 is 0 Å². The number of benzene rings is 2. The quantitative estimate of drug-likeness (QED) is 0.458. The van der Waals surface area contributed by atoms with E-state index in [4.69, 9.17) is 0 Å². The molecule has 0 amide bonds. The molecule has 0 nitrogen and oxygen atoms in total. The standard InChI is InChI=1S/2C11H11.Al/c2*1-2-9-7-8-10-5-3-4-6-11(9)10;/h2*3-9H,1-2H2;. The molecule has 1 radical (unpaired) electrons. The Hall–Kier alpha value is -1.55. The summed E-state index contributed by atoms with van der Waals surface area (Å²) in [5, 5.41) is 2.84. The average molecular weight is 313 g/mol. The zero-order valence-corrected chi connectivity index (χ0v) is 14.6. The third-order valence-electron chi connectivity index (χ3n) is 5.17. The molecule has 2 atom stereocenters. The molecule has 0 saturated heterocycles. The number of hydrogen-bond donors (Lipinski definition) is 0. The van der Waals surface area contributed by atoms with Crippen LogP contribution in [0.25, 0.3) is 12.2 Å². The van der Waals surface area contributed by atoms with Gasteiger partial charge in [0.05, 0.1) is 0 Å². The van der Waals surface area contributed by atoms with Crippen LogP contribution in [-0.2, 0) is 0 Å². The van der Waals surface area contributed by atoms with E-state index in [-0.39, 0.29) is 0 Å². The number of allylic oxidation sites excluding steroid dienone is 2. The molecule has 0 aliphatic heterocycles. The van der Waals surface area contributed by atoms with E-state index in [0.717, 1.165) is 0 Å². The minimum Gasteiger partial charge on any atom is -0.103 e. The zero-order chi connectivity index (χ0) is 15.5. The van der Waals surface area contributed by atoms with Crippen LogP contribution in [0.5, 0.6) is 0 Å². The predicted molar refractivity (Wildman–Crippen MR) is 101 cm³/mol. The Labute approximate surface area is 145 Å². The van der Waals surface area contributed by atoms with Gasteiger partial charge in [-0.25, -0.2) is 0 Å². The van der Waals surface area contributed by atoms with Crippen molar-refractivity contribution in [1.29, 1.82) is 0 Å². The van der Waals surface area contributed by atoms with Crippen LogP contribution in [0.3, 0.4) is 0 Å². The Morgan fingerprint density at radius 2 is 1.13 bits per heavy atom. The number of fused-ring (bicyclic) bond motifs is 2. The molecule has 113 valence electrons. The maximum absolute atomic E-state index is 2.40. The second-order valence-corrected chi connectivity index (χ2v) is 8.36. The lowest BCUT2D eigenvalue weighted by atomic mass is 9.98. The third kappa shape index (κ3) is 3.23. The molecule has 2 aromatic carbocycles. The lowest BCUT2D eigenvalue weighted by Gasteiger charge is -2.12. The fourth-order valence-corrected chi connectivity index (χ4v) is 5.37. The van der Waals surface area contributed by atoms with Crippen LogP contribution in [0.4, 0.5) is 0 Å². The highest BCUT2D eigenvalue weighted by Gasteiger charge is 2.18. The van der Waals surface area contributed by atoms with Gasteiger partial charge in [-0.2, -0.15) is 0 Å². The lowest BCUT2D eigenvalue weighted by Crippen LogP contribution is -1.99. The van der Waals surface area contributed by atoms with Crippen molar-refractivity contribution in [2.75, 3.05) is 0 Å². The summed E-state index contributed by atoms with van der Waals surface area (Å²) in [6, 6.07) is 17.7. The first-order valence-corrected chi connectivity index (χ1v) is 10.4. The summed E-state index contributed by atoms with van der Waals surface area (Å²) < 4.78 is 0. The average Bonchev–Trinajstić information content (AvgIpc) is 3.19. The molecule has 23 heavy (non-hydrogen) atoms. The van der Waals surface area contributed by atoms with Crippen molar-refractivity contribution < 1.29 is 0 Å². The van der Waals surface area contributed by atoms with Crippen molar-refractivity contribution in [2.45, 2.75) is 35.2 Å². The summed E-state index contributed by atoms with van der Waals surface area (Å²) in [5.41, 5.74) is 5.94. The summed E-state index contributed by atoms with van der Waals surface area (Å²) in [4.78, 5) is 0. The molecule has 0 aromatic heterocycles. The van der Waals surface area contributed by atoms with E-state index < -0.39 is 0 Å². The van der Waals surface area contributed by atoms with E-state index in [2.05, 4.69) is 72.8 Å². The molecule has 2 aliphatic rings. The molecule has 0 bridgehead atoms. The maximum Gasteiger partial charge on any atom is 0.199 e. The largest absolute Gasteiger partial charge is 0.199 e. The molecule has 0 N–H and O–H groups in total. The van der Waals surface area contributed by atoms with Crippen molar-refractivity contribution in [3.8, 4) is 0 Å². The van der Waals surface area contributed by atoms with Gasteiger partial charge in [0.15, 0.2) is 15.2 Å². The van der Waals surface area contributed by atoms with Gasteiger partial charge in [-0.1, -0.05) is 85.7 Å². The molecule has 0 spiro atoms. The summed E-state index contributed by atoms with van der Waals surface area (Å²) in [6.45, 7) is 0. The second-order valence-electron chi connectivity index (χ2n) is 6.63. The Kier molecular flexibility index (Phi) is 4.51. The smallest absolute Gasteiger partial charge is 0.103 e. The summed E-state index contributed by atoms with van der Waals surface area (Å²) in [6.07, 6.45) is 12.1. The van der Waals surface area contributed by atoms with Gasteiger partial charge in [-0.05, 0) is 22.3 Å². The molecule has 2 unspecified atom stereocenters. The first-order chi connectivity index (χ1) is 11.4. The van der Waals surface area contributed by atoms with E-state index in [1.165, 1.54) is 34.5 Å². The fourth-order valence-electron chi connectivity index (χ4n) is 3.89. The van der Waals surface area contributed by atoms with Crippen LogP contribution in [-0.4, -0.2) is 15.2 Å². The van der Waals surface area contributed by atoms with Gasteiger partial charge in [0.2, 0.25) is 0 Å². The molecule has 0 fully saturated rings. The van der Waals surface area contributed by atoms with Crippen LogP contribution in [0.2, 0.25) is 10.6 Å². The van der Waals surface area contributed by atoms with E-state index in [9.17, 15) is 0 Å². The second kappa shape index (κ2) is 6.92. The van der Waals surface area contributed by atoms with Crippen LogP contribution in [0.15, 0.2) is 60.7 Å². The van der Waals surface area contributed by atoms with E-state index >= 15 is 0 Å². The summed E-state index contributed by atoms with van der Waals surface area (Å²) in [7, 11) is 0. The fraction of sp³-hybridized carbons (Fsp3) is 0.273. The number of rotatable bonds is 6. The topological polar surface area (TPSA) is 0 Å². The van der Waals surface area contributed by atoms with E-state index in [0.29, 0.717) is 27.1 Å². The Bertz CT molecular complexity index is 678. The Balaban J connectivity index is 1.22. The Morgan fingerprint density at radius 3 is 1.65 bits per heavy atom. The Morgan fingerprint density at radius 1 is 0.652 bits per heavy atom. The van der Waals surface area contributed by atoms with Gasteiger partial charge >= 0.3 is 0 Å². The molecular weight excluding hydrogens is 291 g/mol. The van der Waals surface area contributed by atoms with Gasteiger partial charge in [0, 0.05) is 11.8 Å². The first kappa shape index (κ1) is 15.0. The zero-order valence-electron chi connectivity index (χ0n) is 13.5. The highest BCUT2D eigenvalue weighted by Crippen LogP contribution is 2.35. The molecule has 2 aliphatic carbocycles. The van der Waals surface area contributed by atoms with Crippen molar-refractivity contribution in [2.24, 2.45) is 0 Å². The van der Waals surface area contributed by atoms with Gasteiger partial charge in [0.1, 0.15) is 0 Å². The molecule has 0 saturated carbocycles. The SMILES string of the molecule is C1=CC(C[CH2][Al][CH2]CC2C=Cc3ccccc32)c2ccccc21. The minimum absolute atomic E-state index is 0.584. The van der Waals surface area contributed by atoms with Crippen molar-refractivity contribution in [3.63, 3.8) is 0 Å². The van der Waals surface area contributed by atoms with Gasteiger partial charge in [0.25, 0.3) is 0 Å². The number of hydrogen-bond acceptors (Lipinski definition) is 0. The highest BCUT2D eigenvalue weighted by atomic mass is 27.1. The van der Waals surface area contributed by atoms with E-state index in [1.54, 1.807) is 11.1 Å². The minimum atomic E-state index is 0.584. The van der Waals surface area contributed by atoms with Gasteiger partial charge in [-0.15, -0.1) is 10.6 Å².